The number of furan rings is 1. The van der Waals surface area contributed by atoms with Gasteiger partial charge in [0.2, 0.25) is 5.89 Å². The number of thioether (sulfide) groups is 1. The van der Waals surface area contributed by atoms with Gasteiger partial charge in [-0.05, 0) is 54.2 Å². The number of nitrogens with zero attached hydrogens (tertiary/aromatic N) is 3. The highest BCUT2D eigenvalue weighted by molar-refractivity contribution is 8.03. The van der Waals surface area contributed by atoms with Gasteiger partial charge in [-0.1, -0.05) is 23.7 Å². The highest BCUT2D eigenvalue weighted by Gasteiger charge is 2.19. The van der Waals surface area contributed by atoms with Crippen molar-refractivity contribution < 1.29 is 23.7 Å². The number of para-hydroxylation sites is 1. The maximum Gasteiger partial charge on any atom is 0.342 e. The van der Waals surface area contributed by atoms with Gasteiger partial charge in [0.25, 0.3) is 10.9 Å². The molecule has 2 aromatic heterocycles. The lowest BCUT2D eigenvalue weighted by Gasteiger charge is -1.99. The first-order chi connectivity index (χ1) is 15.4. The van der Waals surface area contributed by atoms with Crippen molar-refractivity contribution >= 4 is 41.1 Å². The van der Waals surface area contributed by atoms with Crippen LogP contribution >= 0.6 is 23.4 Å². The van der Waals surface area contributed by atoms with Gasteiger partial charge in [-0.15, -0.1) is 10.2 Å². The Hall–Kier alpha value is -3.89. The van der Waals surface area contributed by atoms with E-state index in [1.165, 1.54) is 24.3 Å². The van der Waals surface area contributed by atoms with E-state index in [-0.39, 0.29) is 38.8 Å². The molecule has 0 aliphatic heterocycles. The minimum atomic E-state index is -1.23. The number of benzene rings is 2. The summed E-state index contributed by atoms with van der Waals surface area (Å²) in [4.78, 5) is 22.3. The van der Waals surface area contributed by atoms with Gasteiger partial charge in [0.05, 0.1) is 10.5 Å². The second kappa shape index (κ2) is 9.08. The van der Waals surface area contributed by atoms with Crippen LogP contribution in [-0.2, 0) is 4.79 Å². The highest BCUT2D eigenvalue weighted by atomic mass is 35.5. The minimum absolute atomic E-state index is 0.0223. The molecule has 0 spiro atoms. The number of aromatic nitrogens is 2. The Balaban J connectivity index is 1.58. The van der Waals surface area contributed by atoms with Crippen LogP contribution in [0, 0.1) is 10.1 Å². The average Bonchev–Trinajstić information content (AvgIpc) is 3.43. The van der Waals surface area contributed by atoms with Crippen molar-refractivity contribution in [3.63, 3.8) is 0 Å². The van der Waals surface area contributed by atoms with Gasteiger partial charge < -0.3 is 13.9 Å². The molecule has 0 atom stereocenters. The Labute approximate surface area is 189 Å². The van der Waals surface area contributed by atoms with E-state index in [1.807, 2.05) is 0 Å². The standard InChI is InChI=1S/C21H12ClN3O6S/c22-13-7-5-12(6-8-13)19-23-24-21(31-19)32-18(20(26)27)11-14-9-10-17(30-14)15-3-1-2-4-16(15)25(28)29/h1-11H,(H,26,27)/b18-11-. The summed E-state index contributed by atoms with van der Waals surface area (Å²) >= 11 is 6.61. The minimum Gasteiger partial charge on any atom is -0.477 e. The summed E-state index contributed by atoms with van der Waals surface area (Å²) in [5.74, 6) is -0.586. The lowest BCUT2D eigenvalue weighted by molar-refractivity contribution is -0.384. The van der Waals surface area contributed by atoms with E-state index >= 15 is 0 Å². The lowest BCUT2D eigenvalue weighted by atomic mass is 10.1. The molecule has 2 heterocycles. The summed E-state index contributed by atoms with van der Waals surface area (Å²) in [6, 6.07) is 15.9. The van der Waals surface area contributed by atoms with E-state index in [4.69, 9.17) is 20.4 Å². The van der Waals surface area contributed by atoms with Gasteiger partial charge in [-0.2, -0.15) is 0 Å². The van der Waals surface area contributed by atoms with Crippen molar-refractivity contribution in [2.45, 2.75) is 5.22 Å². The summed E-state index contributed by atoms with van der Waals surface area (Å²) < 4.78 is 11.2. The predicted octanol–water partition coefficient (Wildman–Crippen LogP) is 5.78. The van der Waals surface area contributed by atoms with Crippen molar-refractivity contribution in [2.24, 2.45) is 0 Å². The van der Waals surface area contributed by atoms with Crippen LogP contribution in [0.4, 0.5) is 5.69 Å². The number of nitro groups is 1. The van der Waals surface area contributed by atoms with Gasteiger partial charge >= 0.3 is 5.97 Å². The normalized spacial score (nSPS) is 11.5. The van der Waals surface area contributed by atoms with E-state index in [0.717, 1.165) is 11.8 Å². The quantitative estimate of drug-likeness (QED) is 0.155. The first-order valence-electron chi connectivity index (χ1n) is 8.96. The van der Waals surface area contributed by atoms with E-state index in [1.54, 1.807) is 42.5 Å². The second-order valence-electron chi connectivity index (χ2n) is 6.27. The molecule has 32 heavy (non-hydrogen) atoms. The summed E-state index contributed by atoms with van der Waals surface area (Å²) in [7, 11) is 0. The molecule has 1 N–H and O–H groups in total. The maximum absolute atomic E-state index is 11.7. The van der Waals surface area contributed by atoms with Gasteiger partial charge in [0.1, 0.15) is 16.4 Å². The third kappa shape index (κ3) is 4.71. The zero-order valence-corrected chi connectivity index (χ0v) is 17.5. The summed E-state index contributed by atoms with van der Waals surface area (Å²) in [5, 5.41) is 29.2. The van der Waals surface area contributed by atoms with Crippen LogP contribution in [0.25, 0.3) is 28.9 Å². The molecular weight excluding hydrogens is 458 g/mol. The zero-order valence-electron chi connectivity index (χ0n) is 16.0. The fourth-order valence-electron chi connectivity index (χ4n) is 2.73. The molecule has 0 aliphatic carbocycles. The molecule has 0 radical (unpaired) electrons. The van der Waals surface area contributed by atoms with Gasteiger partial charge in [-0.25, -0.2) is 4.79 Å². The SMILES string of the molecule is O=C(O)/C(=C/c1ccc(-c2ccccc2[N+](=O)[O-])o1)Sc1nnc(-c2ccc(Cl)cc2)o1. The van der Waals surface area contributed by atoms with E-state index < -0.39 is 10.9 Å². The summed E-state index contributed by atoms with van der Waals surface area (Å²) in [6.07, 6.45) is 1.28. The number of hydrogen-bond acceptors (Lipinski definition) is 8. The predicted molar refractivity (Wildman–Crippen MR) is 117 cm³/mol. The molecule has 0 bridgehead atoms. The molecule has 11 heteroatoms. The number of rotatable bonds is 7. The van der Waals surface area contributed by atoms with Gasteiger partial charge in [0, 0.05) is 22.7 Å². The molecule has 160 valence electrons. The molecule has 0 fully saturated rings. The molecule has 2 aromatic carbocycles. The number of aliphatic carboxylic acids is 1. The van der Waals surface area contributed by atoms with E-state index in [9.17, 15) is 20.0 Å². The number of carboxylic acids is 1. The third-order valence-electron chi connectivity index (χ3n) is 4.17. The Bertz CT molecular complexity index is 1330. The largest absolute Gasteiger partial charge is 0.477 e. The van der Waals surface area contributed by atoms with Crippen molar-refractivity contribution in [3.8, 4) is 22.8 Å². The molecule has 0 amide bonds. The number of halogens is 1. The maximum atomic E-state index is 11.7. The zero-order chi connectivity index (χ0) is 22.7. The summed E-state index contributed by atoms with van der Waals surface area (Å²) in [5.41, 5.74) is 0.798. The number of carboxylic acid groups (broad SMARTS) is 1. The Kier molecular flexibility index (Phi) is 6.06. The fraction of sp³-hybridized carbons (Fsp3) is 0. The molecule has 0 saturated carbocycles. The van der Waals surface area contributed by atoms with Crippen LogP contribution in [0.2, 0.25) is 5.02 Å². The third-order valence-corrected chi connectivity index (χ3v) is 5.28. The second-order valence-corrected chi connectivity index (χ2v) is 7.70. The number of nitro benzene ring substituents is 1. The Morgan fingerprint density at radius 1 is 1.06 bits per heavy atom. The monoisotopic (exact) mass is 469 g/mol. The number of carbonyl (C=O) groups is 1. The van der Waals surface area contributed by atoms with Gasteiger partial charge in [-0.3, -0.25) is 10.1 Å². The number of hydrogen-bond donors (Lipinski definition) is 1. The molecule has 9 nitrogen and oxygen atoms in total. The highest BCUT2D eigenvalue weighted by Crippen LogP contribution is 2.34. The smallest absolute Gasteiger partial charge is 0.342 e. The lowest BCUT2D eigenvalue weighted by Crippen LogP contribution is -1.96. The van der Waals surface area contributed by atoms with Crippen LogP contribution in [0.3, 0.4) is 0 Å². The van der Waals surface area contributed by atoms with Crippen molar-refractivity contribution in [2.75, 3.05) is 0 Å². The van der Waals surface area contributed by atoms with Crippen molar-refractivity contribution in [1.82, 2.24) is 10.2 Å². The van der Waals surface area contributed by atoms with Crippen LogP contribution < -0.4 is 0 Å². The van der Waals surface area contributed by atoms with Crippen LogP contribution in [0.15, 0.2) is 79.6 Å². The average molecular weight is 470 g/mol. The first kappa shape index (κ1) is 21.3. The van der Waals surface area contributed by atoms with E-state index in [2.05, 4.69) is 10.2 Å². The Morgan fingerprint density at radius 2 is 1.81 bits per heavy atom. The van der Waals surface area contributed by atoms with Crippen molar-refractivity contribution in [3.05, 3.63) is 86.5 Å². The van der Waals surface area contributed by atoms with Crippen LogP contribution in [0.5, 0.6) is 0 Å². The Morgan fingerprint density at radius 3 is 2.53 bits per heavy atom. The van der Waals surface area contributed by atoms with Crippen LogP contribution in [0.1, 0.15) is 5.76 Å². The molecule has 4 aromatic rings. The first-order valence-corrected chi connectivity index (χ1v) is 10.2. The molecule has 0 aliphatic rings. The van der Waals surface area contributed by atoms with Crippen LogP contribution in [-0.4, -0.2) is 26.2 Å². The summed E-state index contributed by atoms with van der Waals surface area (Å²) in [6.45, 7) is 0. The molecule has 0 saturated heterocycles. The molecule has 0 unspecified atom stereocenters. The van der Waals surface area contributed by atoms with E-state index in [0.29, 0.717) is 10.6 Å². The fourth-order valence-corrected chi connectivity index (χ4v) is 3.51. The van der Waals surface area contributed by atoms with Crippen molar-refractivity contribution in [1.29, 1.82) is 0 Å². The molecular formula is C21H12ClN3O6S. The topological polar surface area (TPSA) is 132 Å². The molecule has 4 rings (SSSR count). The van der Waals surface area contributed by atoms with Gasteiger partial charge in [0.15, 0.2) is 0 Å².